The first-order chi connectivity index (χ1) is 14.2. The summed E-state index contributed by atoms with van der Waals surface area (Å²) in [6.07, 6.45) is 5.43. The fourth-order valence-electron chi connectivity index (χ4n) is 2.75. The van der Waals surface area contributed by atoms with Crippen LogP contribution in [0, 0.1) is 11.3 Å². The number of para-hydroxylation sites is 2. The number of amides is 1. The highest BCUT2D eigenvalue weighted by atomic mass is 32.1. The van der Waals surface area contributed by atoms with Gasteiger partial charge in [0.25, 0.3) is 5.91 Å². The van der Waals surface area contributed by atoms with Crippen molar-refractivity contribution in [2.75, 3.05) is 5.32 Å². The lowest BCUT2D eigenvalue weighted by Gasteiger charge is -2.01. The Labute approximate surface area is 171 Å². The van der Waals surface area contributed by atoms with Crippen LogP contribution in [0.4, 0.5) is 5.13 Å². The fraction of sp³-hybridized carbons (Fsp3) is 0.0455. The third-order valence-electron chi connectivity index (χ3n) is 4.12. The van der Waals surface area contributed by atoms with E-state index < -0.39 is 5.91 Å². The van der Waals surface area contributed by atoms with Gasteiger partial charge in [-0.05, 0) is 23.8 Å². The van der Waals surface area contributed by atoms with E-state index in [4.69, 9.17) is 0 Å². The summed E-state index contributed by atoms with van der Waals surface area (Å²) >= 11 is 1.38. The molecule has 0 spiro atoms. The van der Waals surface area contributed by atoms with Gasteiger partial charge in [-0.25, -0.2) is 9.97 Å². The van der Waals surface area contributed by atoms with Gasteiger partial charge in [0.1, 0.15) is 11.6 Å². The standard InChI is InChI=1S/C22H15N5OS/c23-12-16(11-17-13-24-19-8-4-5-9-20(19)26-17)21(28)27-22-25-14-18(29-22)10-15-6-2-1-3-7-15/h1-9,11,13-14H,10H2,(H,25,27,28). The van der Waals surface area contributed by atoms with Crippen LogP contribution in [0.15, 0.2) is 72.6 Å². The smallest absolute Gasteiger partial charge is 0.268 e. The molecule has 4 aromatic rings. The van der Waals surface area contributed by atoms with Gasteiger partial charge >= 0.3 is 0 Å². The molecule has 0 radical (unpaired) electrons. The molecule has 0 aliphatic heterocycles. The van der Waals surface area contributed by atoms with Crippen LogP contribution in [-0.4, -0.2) is 20.9 Å². The SMILES string of the molecule is N#CC(=Cc1cnc2ccccc2n1)C(=O)Nc1ncc(Cc2ccccc2)s1. The Morgan fingerprint density at radius 1 is 1.03 bits per heavy atom. The Kier molecular flexibility index (Phi) is 5.36. The fourth-order valence-corrected chi connectivity index (χ4v) is 3.59. The minimum Gasteiger partial charge on any atom is -0.297 e. The van der Waals surface area contributed by atoms with E-state index in [9.17, 15) is 10.1 Å². The third-order valence-corrected chi connectivity index (χ3v) is 5.03. The van der Waals surface area contributed by atoms with Gasteiger partial charge < -0.3 is 0 Å². The van der Waals surface area contributed by atoms with Crippen molar-refractivity contribution in [2.24, 2.45) is 0 Å². The predicted molar refractivity (Wildman–Crippen MR) is 113 cm³/mol. The summed E-state index contributed by atoms with van der Waals surface area (Å²) < 4.78 is 0. The molecule has 0 aliphatic carbocycles. The summed E-state index contributed by atoms with van der Waals surface area (Å²) in [4.78, 5) is 26.5. The summed E-state index contributed by atoms with van der Waals surface area (Å²) in [6, 6.07) is 19.4. The Balaban J connectivity index is 1.49. The van der Waals surface area contributed by atoms with E-state index in [2.05, 4.69) is 20.3 Å². The van der Waals surface area contributed by atoms with Crippen molar-refractivity contribution >= 4 is 39.5 Å². The molecular formula is C22H15N5OS. The zero-order valence-corrected chi connectivity index (χ0v) is 16.1. The van der Waals surface area contributed by atoms with Crippen LogP contribution in [0.25, 0.3) is 17.1 Å². The number of nitrogens with zero attached hydrogens (tertiary/aromatic N) is 4. The molecule has 7 heteroatoms. The second-order valence-electron chi connectivity index (χ2n) is 6.20. The molecule has 2 heterocycles. The van der Waals surface area contributed by atoms with E-state index in [1.165, 1.54) is 29.2 Å². The van der Waals surface area contributed by atoms with Gasteiger partial charge in [-0.3, -0.25) is 15.1 Å². The zero-order valence-electron chi connectivity index (χ0n) is 15.2. The normalized spacial score (nSPS) is 11.2. The predicted octanol–water partition coefficient (Wildman–Crippen LogP) is 4.22. The number of benzene rings is 2. The molecule has 0 unspecified atom stereocenters. The van der Waals surface area contributed by atoms with Crippen molar-refractivity contribution < 1.29 is 4.79 Å². The Morgan fingerprint density at radius 2 is 1.79 bits per heavy atom. The number of nitriles is 1. The lowest BCUT2D eigenvalue weighted by Crippen LogP contribution is -2.13. The number of carbonyl (C=O) groups excluding carboxylic acids is 1. The van der Waals surface area contributed by atoms with Crippen molar-refractivity contribution in [1.29, 1.82) is 5.26 Å². The van der Waals surface area contributed by atoms with Gasteiger partial charge in [0.2, 0.25) is 0 Å². The van der Waals surface area contributed by atoms with Crippen molar-refractivity contribution in [2.45, 2.75) is 6.42 Å². The van der Waals surface area contributed by atoms with Crippen LogP contribution in [0.2, 0.25) is 0 Å². The molecule has 0 saturated carbocycles. The van der Waals surface area contributed by atoms with Crippen LogP contribution in [0.3, 0.4) is 0 Å². The molecule has 0 saturated heterocycles. The third kappa shape index (κ3) is 4.51. The number of aromatic nitrogens is 3. The molecule has 0 atom stereocenters. The molecule has 4 rings (SSSR count). The summed E-state index contributed by atoms with van der Waals surface area (Å²) in [5.74, 6) is -0.525. The number of thiazole rings is 1. The quantitative estimate of drug-likeness (QED) is 0.402. The van der Waals surface area contributed by atoms with Crippen molar-refractivity contribution in [3.05, 3.63) is 88.7 Å². The minimum atomic E-state index is -0.525. The van der Waals surface area contributed by atoms with E-state index in [0.717, 1.165) is 16.8 Å². The number of rotatable bonds is 5. The Morgan fingerprint density at radius 3 is 2.59 bits per heavy atom. The molecule has 1 N–H and O–H groups in total. The lowest BCUT2D eigenvalue weighted by molar-refractivity contribution is -0.112. The highest BCUT2D eigenvalue weighted by Crippen LogP contribution is 2.22. The van der Waals surface area contributed by atoms with Crippen LogP contribution in [-0.2, 0) is 11.2 Å². The Bertz CT molecular complexity index is 1240. The number of nitrogens with one attached hydrogen (secondary N) is 1. The first-order valence-corrected chi connectivity index (χ1v) is 9.66. The van der Waals surface area contributed by atoms with Crippen LogP contribution in [0.1, 0.15) is 16.1 Å². The van der Waals surface area contributed by atoms with E-state index in [1.54, 1.807) is 6.20 Å². The van der Waals surface area contributed by atoms with Gasteiger partial charge in [-0.2, -0.15) is 5.26 Å². The van der Waals surface area contributed by atoms with E-state index in [0.29, 0.717) is 16.3 Å². The van der Waals surface area contributed by atoms with Gasteiger partial charge in [0, 0.05) is 17.5 Å². The monoisotopic (exact) mass is 397 g/mol. The maximum Gasteiger partial charge on any atom is 0.268 e. The summed E-state index contributed by atoms with van der Waals surface area (Å²) in [5.41, 5.74) is 3.00. The van der Waals surface area contributed by atoms with E-state index in [1.807, 2.05) is 60.7 Å². The van der Waals surface area contributed by atoms with Crippen LogP contribution in [0.5, 0.6) is 0 Å². The molecule has 0 fully saturated rings. The largest absolute Gasteiger partial charge is 0.297 e. The Hall–Kier alpha value is -3.89. The van der Waals surface area contributed by atoms with Gasteiger partial charge in [-0.15, -0.1) is 11.3 Å². The van der Waals surface area contributed by atoms with E-state index >= 15 is 0 Å². The second kappa shape index (κ2) is 8.42. The average Bonchev–Trinajstić information content (AvgIpc) is 3.19. The number of anilines is 1. The minimum absolute atomic E-state index is 0.0607. The van der Waals surface area contributed by atoms with Gasteiger partial charge in [0.15, 0.2) is 5.13 Å². The number of fused-ring (bicyclic) bond motifs is 1. The maximum absolute atomic E-state index is 12.5. The molecule has 6 nitrogen and oxygen atoms in total. The van der Waals surface area contributed by atoms with E-state index in [-0.39, 0.29) is 5.57 Å². The van der Waals surface area contributed by atoms with Crippen LogP contribution < -0.4 is 5.32 Å². The van der Waals surface area contributed by atoms with Crippen LogP contribution >= 0.6 is 11.3 Å². The molecule has 0 bridgehead atoms. The highest BCUT2D eigenvalue weighted by molar-refractivity contribution is 7.15. The molecule has 0 aliphatic rings. The average molecular weight is 397 g/mol. The molecule has 2 aromatic carbocycles. The number of hydrogen-bond acceptors (Lipinski definition) is 6. The maximum atomic E-state index is 12.5. The highest BCUT2D eigenvalue weighted by Gasteiger charge is 2.13. The molecule has 29 heavy (non-hydrogen) atoms. The number of carbonyl (C=O) groups is 1. The molecular weight excluding hydrogens is 382 g/mol. The van der Waals surface area contributed by atoms with Crippen molar-refractivity contribution in [3.63, 3.8) is 0 Å². The number of hydrogen-bond donors (Lipinski definition) is 1. The van der Waals surface area contributed by atoms with Gasteiger partial charge in [0.05, 0.1) is 22.9 Å². The topological polar surface area (TPSA) is 91.6 Å². The second-order valence-corrected chi connectivity index (χ2v) is 7.32. The van der Waals surface area contributed by atoms with Crippen molar-refractivity contribution in [3.8, 4) is 6.07 Å². The van der Waals surface area contributed by atoms with Gasteiger partial charge in [-0.1, -0.05) is 42.5 Å². The zero-order chi connectivity index (χ0) is 20.1. The molecule has 1 amide bonds. The molecule has 2 aromatic heterocycles. The first kappa shape index (κ1) is 18.5. The first-order valence-electron chi connectivity index (χ1n) is 8.85. The summed E-state index contributed by atoms with van der Waals surface area (Å²) in [7, 11) is 0. The lowest BCUT2D eigenvalue weighted by atomic mass is 10.1. The summed E-state index contributed by atoms with van der Waals surface area (Å²) in [5, 5.41) is 12.5. The molecule has 140 valence electrons. The summed E-state index contributed by atoms with van der Waals surface area (Å²) in [6.45, 7) is 0. The van der Waals surface area contributed by atoms with Crippen molar-refractivity contribution in [1.82, 2.24) is 15.0 Å².